The van der Waals surface area contributed by atoms with E-state index in [1.807, 2.05) is 0 Å². The zero-order chi connectivity index (χ0) is 44.5. The van der Waals surface area contributed by atoms with Crippen molar-refractivity contribution in [3.05, 3.63) is 271 Å². The molecule has 0 radical (unpaired) electrons. The van der Waals surface area contributed by atoms with Crippen molar-refractivity contribution in [1.82, 2.24) is 4.57 Å². The first-order valence-electron chi connectivity index (χ1n) is 23.2. The van der Waals surface area contributed by atoms with E-state index in [0.717, 1.165) is 45.3 Å². The van der Waals surface area contributed by atoms with E-state index < -0.39 is 5.41 Å². The zero-order valence-corrected chi connectivity index (χ0v) is 37.1. The van der Waals surface area contributed by atoms with E-state index in [1.165, 1.54) is 65.7 Å². The molecule has 0 saturated carbocycles. The number of fused-ring (bicyclic) bond motifs is 9. The van der Waals surface area contributed by atoms with Crippen molar-refractivity contribution in [3.63, 3.8) is 0 Å². The molecule has 0 bridgehead atoms. The van der Waals surface area contributed by atoms with Crippen LogP contribution in [-0.4, -0.2) is 4.57 Å². The number of benzene rings is 11. The number of hydrogen-bond acceptors (Lipinski definition) is 2. The van der Waals surface area contributed by atoms with Crippen LogP contribution in [-0.2, 0) is 5.41 Å². The number of nitrogens with zero attached hydrogens (tertiary/aromatic N) is 3. The van der Waals surface area contributed by atoms with E-state index in [1.54, 1.807) is 0 Å². The normalized spacial score (nSPS) is 14.1. The van der Waals surface area contributed by atoms with Crippen LogP contribution in [0.25, 0.3) is 60.2 Å². The van der Waals surface area contributed by atoms with Crippen molar-refractivity contribution in [2.45, 2.75) is 12.3 Å². The van der Waals surface area contributed by atoms with Gasteiger partial charge in [-0.2, -0.15) is 0 Å². The molecule has 67 heavy (non-hydrogen) atoms. The average molecular weight is 856 g/mol. The van der Waals surface area contributed by atoms with Gasteiger partial charge in [-0.15, -0.1) is 0 Å². The molecule has 1 aliphatic carbocycles. The molecule has 0 spiro atoms. The summed E-state index contributed by atoms with van der Waals surface area (Å²) in [6.45, 7) is 2.44. The highest BCUT2D eigenvalue weighted by atomic mass is 15.2. The lowest BCUT2D eigenvalue weighted by Crippen LogP contribution is -2.25. The predicted octanol–water partition coefficient (Wildman–Crippen LogP) is 17.4. The molecule has 0 saturated heterocycles. The molecule has 13 rings (SSSR count). The first-order chi connectivity index (χ1) is 33.1. The fourth-order valence-corrected chi connectivity index (χ4v) is 11.1. The third-order valence-electron chi connectivity index (χ3n) is 14.2. The number of para-hydroxylation sites is 4. The molecule has 1 aliphatic rings. The van der Waals surface area contributed by atoms with Gasteiger partial charge >= 0.3 is 0 Å². The molecule has 0 aliphatic heterocycles. The summed E-state index contributed by atoms with van der Waals surface area (Å²) in [5.74, 6) is 0. The van der Waals surface area contributed by atoms with Gasteiger partial charge in [0.2, 0.25) is 0 Å². The van der Waals surface area contributed by atoms with Crippen LogP contribution in [0.15, 0.2) is 255 Å². The topological polar surface area (TPSA) is 11.4 Å². The lowest BCUT2D eigenvalue weighted by atomic mass is 9.73. The smallest absolute Gasteiger partial charge is 0.0561 e. The summed E-state index contributed by atoms with van der Waals surface area (Å²) in [6, 6.07) is 93.4. The number of rotatable bonds is 8. The van der Waals surface area contributed by atoms with Crippen molar-refractivity contribution < 1.29 is 0 Å². The second-order valence-corrected chi connectivity index (χ2v) is 17.8. The molecular formula is C64H45N3. The maximum atomic E-state index is 2.49. The molecular weight excluding hydrogens is 811 g/mol. The molecule has 12 aromatic rings. The molecule has 1 heterocycles. The van der Waals surface area contributed by atoms with E-state index in [9.17, 15) is 0 Å². The summed E-state index contributed by atoms with van der Waals surface area (Å²) in [6.07, 6.45) is 0. The summed E-state index contributed by atoms with van der Waals surface area (Å²) < 4.78 is 2.40. The number of hydrogen-bond donors (Lipinski definition) is 0. The van der Waals surface area contributed by atoms with Gasteiger partial charge in [0.1, 0.15) is 0 Å². The summed E-state index contributed by atoms with van der Waals surface area (Å²) in [5.41, 5.74) is 16.0. The van der Waals surface area contributed by atoms with Crippen LogP contribution in [0.1, 0.15) is 23.6 Å². The van der Waals surface area contributed by atoms with Gasteiger partial charge in [0, 0.05) is 50.3 Å². The Bertz CT molecular complexity index is 3820. The molecule has 0 N–H and O–H groups in total. The van der Waals surface area contributed by atoms with Gasteiger partial charge in [0.15, 0.2) is 0 Å². The molecule has 1 aromatic heterocycles. The lowest BCUT2D eigenvalue weighted by molar-refractivity contribution is 0.715. The fourth-order valence-electron chi connectivity index (χ4n) is 11.1. The maximum Gasteiger partial charge on any atom is 0.0561 e. The number of aromatic nitrogens is 1. The molecule has 11 aromatic carbocycles. The Morgan fingerprint density at radius 3 is 1.67 bits per heavy atom. The highest BCUT2D eigenvalue weighted by Crippen LogP contribution is 2.58. The summed E-state index contributed by atoms with van der Waals surface area (Å²) in [4.78, 5) is 4.87. The minimum Gasteiger partial charge on any atom is -0.310 e. The van der Waals surface area contributed by atoms with Crippen LogP contribution < -0.4 is 9.80 Å². The average Bonchev–Trinajstić information content (AvgIpc) is 3.86. The van der Waals surface area contributed by atoms with Gasteiger partial charge in [0.05, 0.1) is 16.7 Å². The van der Waals surface area contributed by atoms with E-state index >= 15 is 0 Å². The van der Waals surface area contributed by atoms with E-state index in [0.29, 0.717) is 0 Å². The highest BCUT2D eigenvalue weighted by Gasteiger charge is 2.44. The second-order valence-electron chi connectivity index (χ2n) is 17.8. The summed E-state index contributed by atoms with van der Waals surface area (Å²) >= 11 is 0. The Morgan fingerprint density at radius 2 is 0.910 bits per heavy atom. The standard InChI is InChI=1S/C64H45N3/c1-64(46-21-6-2-7-22-46)59-43-57-45(37-36-44-20-14-15-31-53(44)57)40-58(59)56-33-19-35-61(63(56)64)66(48-25-10-4-11-26-48)51-30-18-29-50(41-51)65(47-23-8-3-9-24-47)52-38-39-55-54-32-16-17-34-60(54)67(62(55)42-52)49-27-12-5-13-28-49/h2-43H,1H3. The molecule has 1 unspecified atom stereocenters. The van der Waals surface area contributed by atoms with Crippen LogP contribution >= 0.6 is 0 Å². The van der Waals surface area contributed by atoms with Gasteiger partial charge in [-0.1, -0.05) is 164 Å². The first kappa shape index (κ1) is 38.8. The molecule has 0 fully saturated rings. The van der Waals surface area contributed by atoms with Gasteiger partial charge in [-0.05, 0) is 147 Å². The van der Waals surface area contributed by atoms with Crippen molar-refractivity contribution in [1.29, 1.82) is 0 Å². The van der Waals surface area contributed by atoms with Crippen LogP contribution in [0.4, 0.5) is 34.1 Å². The lowest BCUT2D eigenvalue weighted by Gasteiger charge is -2.35. The summed E-state index contributed by atoms with van der Waals surface area (Å²) in [7, 11) is 0. The Balaban J connectivity index is 1.03. The Morgan fingerprint density at radius 1 is 0.343 bits per heavy atom. The van der Waals surface area contributed by atoms with E-state index in [4.69, 9.17) is 0 Å². The number of anilines is 6. The monoisotopic (exact) mass is 855 g/mol. The minimum atomic E-state index is -0.471. The van der Waals surface area contributed by atoms with Crippen LogP contribution in [0.2, 0.25) is 0 Å². The Hall–Kier alpha value is -8.66. The van der Waals surface area contributed by atoms with Crippen molar-refractivity contribution in [2.75, 3.05) is 9.80 Å². The predicted molar refractivity (Wildman–Crippen MR) is 283 cm³/mol. The molecule has 1 atom stereocenters. The second kappa shape index (κ2) is 15.5. The van der Waals surface area contributed by atoms with E-state index in [2.05, 4.69) is 276 Å². The van der Waals surface area contributed by atoms with Crippen LogP contribution in [0, 0.1) is 0 Å². The van der Waals surface area contributed by atoms with Gasteiger partial charge in [-0.3, -0.25) is 0 Å². The van der Waals surface area contributed by atoms with Gasteiger partial charge in [-0.25, -0.2) is 0 Å². The molecule has 3 heteroatoms. The highest BCUT2D eigenvalue weighted by molar-refractivity contribution is 6.12. The minimum absolute atomic E-state index is 0.471. The van der Waals surface area contributed by atoms with Gasteiger partial charge in [0.25, 0.3) is 0 Å². The molecule has 0 amide bonds. The van der Waals surface area contributed by atoms with Gasteiger partial charge < -0.3 is 14.4 Å². The molecule has 3 nitrogen and oxygen atoms in total. The first-order valence-corrected chi connectivity index (χ1v) is 23.2. The zero-order valence-electron chi connectivity index (χ0n) is 37.1. The third-order valence-corrected chi connectivity index (χ3v) is 14.2. The van der Waals surface area contributed by atoms with Crippen molar-refractivity contribution >= 4 is 77.5 Å². The third kappa shape index (κ3) is 6.12. The van der Waals surface area contributed by atoms with Crippen LogP contribution in [0.3, 0.4) is 0 Å². The fraction of sp³-hybridized carbons (Fsp3) is 0.0312. The van der Waals surface area contributed by atoms with Crippen LogP contribution in [0.5, 0.6) is 0 Å². The SMILES string of the molecule is CC1(c2ccccc2)c2cc3c(ccc4ccccc43)cc2-c2cccc(N(c3ccccc3)c3cccc(N(c4ccccc4)c4ccc5c6ccccc6n(-c6ccccc6)c5c4)c3)c21. The van der Waals surface area contributed by atoms with Crippen molar-refractivity contribution in [2.24, 2.45) is 0 Å². The summed E-state index contributed by atoms with van der Waals surface area (Å²) in [5, 5.41) is 7.53. The quantitative estimate of drug-likeness (QED) is 0.141. The van der Waals surface area contributed by atoms with Crippen molar-refractivity contribution in [3.8, 4) is 16.8 Å². The maximum absolute atomic E-state index is 2.49. The largest absolute Gasteiger partial charge is 0.310 e. The molecule has 316 valence electrons. The Labute approximate surface area is 390 Å². The van der Waals surface area contributed by atoms with E-state index in [-0.39, 0.29) is 0 Å². The Kier molecular flexibility index (Phi) is 8.97.